The maximum atomic E-state index is 5.75. The van der Waals surface area contributed by atoms with Crippen molar-refractivity contribution in [3.63, 3.8) is 0 Å². The summed E-state index contributed by atoms with van der Waals surface area (Å²) in [6, 6.07) is 0. The van der Waals surface area contributed by atoms with Gasteiger partial charge in [0.15, 0.2) is 0 Å². The molecule has 3 rings (SSSR count). The summed E-state index contributed by atoms with van der Waals surface area (Å²) in [5.74, 6) is 0.917. The zero-order valence-electron chi connectivity index (χ0n) is 11.2. The average Bonchev–Trinajstić information content (AvgIpc) is 2.79. The summed E-state index contributed by atoms with van der Waals surface area (Å²) in [5, 5.41) is 6.66. The molecule has 1 fully saturated rings. The number of rotatable bonds is 3. The molecule has 1 aliphatic rings. The van der Waals surface area contributed by atoms with E-state index in [0.717, 1.165) is 42.3 Å². The molecular weight excluding hydrogens is 260 g/mol. The number of hydrogen-bond acceptors (Lipinski definition) is 6. The summed E-state index contributed by atoms with van der Waals surface area (Å²) in [7, 11) is 2.13. The van der Waals surface area contributed by atoms with Crippen LogP contribution in [0.3, 0.4) is 0 Å². The second-order valence-electron chi connectivity index (χ2n) is 4.96. The van der Waals surface area contributed by atoms with E-state index in [4.69, 9.17) is 4.74 Å². The van der Waals surface area contributed by atoms with Crippen LogP contribution in [0.15, 0.2) is 11.7 Å². The molecule has 102 valence electrons. The highest BCUT2D eigenvalue weighted by Gasteiger charge is 2.18. The molecule has 5 nitrogen and oxygen atoms in total. The molecule has 2 aromatic heterocycles. The van der Waals surface area contributed by atoms with Gasteiger partial charge < -0.3 is 15.0 Å². The van der Waals surface area contributed by atoms with Gasteiger partial charge in [0.2, 0.25) is 0 Å². The van der Waals surface area contributed by atoms with Gasteiger partial charge in [-0.25, -0.2) is 9.97 Å². The van der Waals surface area contributed by atoms with Gasteiger partial charge in [-0.15, -0.1) is 11.3 Å². The number of fused-ring (bicyclic) bond motifs is 1. The molecule has 0 spiro atoms. The fourth-order valence-corrected chi connectivity index (χ4v) is 3.24. The van der Waals surface area contributed by atoms with Crippen molar-refractivity contribution in [2.75, 3.05) is 38.6 Å². The molecule has 19 heavy (non-hydrogen) atoms. The van der Waals surface area contributed by atoms with Gasteiger partial charge >= 0.3 is 0 Å². The summed E-state index contributed by atoms with van der Waals surface area (Å²) in [6.45, 7) is 5.66. The van der Waals surface area contributed by atoms with E-state index in [0.29, 0.717) is 0 Å². The first-order valence-corrected chi connectivity index (χ1v) is 7.35. The summed E-state index contributed by atoms with van der Waals surface area (Å²) in [6.07, 6.45) is 1.84. The van der Waals surface area contributed by atoms with Crippen molar-refractivity contribution in [1.29, 1.82) is 0 Å². The monoisotopic (exact) mass is 278 g/mol. The van der Waals surface area contributed by atoms with E-state index in [9.17, 15) is 0 Å². The molecular formula is C13H18N4OS. The lowest BCUT2D eigenvalue weighted by Gasteiger charge is -2.30. The van der Waals surface area contributed by atoms with Crippen LogP contribution >= 0.6 is 11.3 Å². The topological polar surface area (TPSA) is 50.3 Å². The van der Waals surface area contributed by atoms with Gasteiger partial charge in [-0.3, -0.25) is 0 Å². The van der Waals surface area contributed by atoms with E-state index in [2.05, 4.69) is 39.5 Å². The molecule has 1 atom stereocenters. The highest BCUT2D eigenvalue weighted by Crippen LogP contribution is 2.28. The van der Waals surface area contributed by atoms with Gasteiger partial charge in [-0.05, 0) is 24.9 Å². The van der Waals surface area contributed by atoms with Crippen molar-refractivity contribution in [3.05, 3.63) is 17.3 Å². The number of nitrogens with zero attached hydrogens (tertiary/aromatic N) is 3. The van der Waals surface area contributed by atoms with Crippen LogP contribution in [-0.2, 0) is 4.74 Å². The SMILES string of the molecule is Cc1csc2ncnc(NCC3CN(C)CCO3)c12. The van der Waals surface area contributed by atoms with Crippen LogP contribution < -0.4 is 5.32 Å². The molecule has 6 heteroatoms. The fourth-order valence-electron chi connectivity index (χ4n) is 2.35. The Labute approximate surface area is 116 Å². The lowest BCUT2D eigenvalue weighted by Crippen LogP contribution is -2.43. The first kappa shape index (κ1) is 12.8. The van der Waals surface area contributed by atoms with Crippen LogP contribution in [0.25, 0.3) is 10.2 Å². The van der Waals surface area contributed by atoms with Gasteiger partial charge in [-0.1, -0.05) is 0 Å². The Morgan fingerprint density at radius 3 is 3.26 bits per heavy atom. The molecule has 1 unspecified atom stereocenters. The van der Waals surface area contributed by atoms with E-state index < -0.39 is 0 Å². The predicted octanol–water partition coefficient (Wildman–Crippen LogP) is 1.74. The first-order valence-electron chi connectivity index (χ1n) is 6.47. The summed E-state index contributed by atoms with van der Waals surface area (Å²) < 4.78 is 5.75. The van der Waals surface area contributed by atoms with Crippen molar-refractivity contribution in [2.45, 2.75) is 13.0 Å². The number of morpholine rings is 1. The van der Waals surface area contributed by atoms with Crippen molar-refractivity contribution < 1.29 is 4.74 Å². The van der Waals surface area contributed by atoms with Crippen molar-refractivity contribution in [3.8, 4) is 0 Å². The number of anilines is 1. The Morgan fingerprint density at radius 2 is 2.42 bits per heavy atom. The Hall–Kier alpha value is -1.24. The average molecular weight is 278 g/mol. The minimum Gasteiger partial charge on any atom is -0.374 e. The Bertz CT molecular complexity index is 571. The van der Waals surface area contributed by atoms with Crippen LogP contribution in [0.5, 0.6) is 0 Å². The number of aryl methyl sites for hydroxylation is 1. The van der Waals surface area contributed by atoms with Gasteiger partial charge in [0.25, 0.3) is 0 Å². The second-order valence-corrected chi connectivity index (χ2v) is 5.82. The number of nitrogens with one attached hydrogen (secondary N) is 1. The quantitative estimate of drug-likeness (QED) is 0.927. The number of likely N-dealkylation sites (N-methyl/N-ethyl adjacent to an activating group) is 1. The van der Waals surface area contributed by atoms with Crippen LogP contribution in [0.1, 0.15) is 5.56 Å². The molecule has 0 saturated carbocycles. The minimum atomic E-state index is 0.225. The van der Waals surface area contributed by atoms with Crippen LogP contribution in [0, 0.1) is 6.92 Å². The zero-order chi connectivity index (χ0) is 13.2. The van der Waals surface area contributed by atoms with Crippen molar-refractivity contribution in [2.24, 2.45) is 0 Å². The minimum absolute atomic E-state index is 0.225. The molecule has 1 saturated heterocycles. The predicted molar refractivity (Wildman–Crippen MR) is 77.9 cm³/mol. The Kier molecular flexibility index (Phi) is 3.63. The normalized spacial score (nSPS) is 20.8. The maximum Gasteiger partial charge on any atom is 0.138 e. The third-order valence-corrected chi connectivity index (χ3v) is 4.40. The number of ether oxygens (including phenoxy) is 1. The van der Waals surface area contributed by atoms with Crippen molar-refractivity contribution >= 4 is 27.4 Å². The van der Waals surface area contributed by atoms with E-state index >= 15 is 0 Å². The Balaban J connectivity index is 1.73. The van der Waals surface area contributed by atoms with Crippen LogP contribution in [-0.4, -0.2) is 54.3 Å². The third kappa shape index (κ3) is 2.70. The highest BCUT2D eigenvalue weighted by molar-refractivity contribution is 7.17. The second kappa shape index (κ2) is 5.40. The van der Waals surface area contributed by atoms with E-state index in [1.165, 1.54) is 5.56 Å². The van der Waals surface area contributed by atoms with Gasteiger partial charge in [-0.2, -0.15) is 0 Å². The van der Waals surface area contributed by atoms with E-state index in [1.54, 1.807) is 17.7 Å². The largest absolute Gasteiger partial charge is 0.374 e. The number of hydrogen-bond donors (Lipinski definition) is 1. The molecule has 0 radical (unpaired) electrons. The molecule has 0 bridgehead atoms. The summed E-state index contributed by atoms with van der Waals surface area (Å²) in [4.78, 5) is 12.0. The first-order chi connectivity index (χ1) is 9.24. The number of thiophene rings is 1. The van der Waals surface area contributed by atoms with Gasteiger partial charge in [0.05, 0.1) is 18.1 Å². The third-order valence-electron chi connectivity index (χ3n) is 3.39. The summed E-state index contributed by atoms with van der Waals surface area (Å²) in [5.41, 5.74) is 1.23. The van der Waals surface area contributed by atoms with Crippen LogP contribution in [0.2, 0.25) is 0 Å². The van der Waals surface area contributed by atoms with E-state index in [1.807, 2.05) is 0 Å². The molecule has 1 aliphatic heterocycles. The zero-order valence-corrected chi connectivity index (χ0v) is 12.0. The van der Waals surface area contributed by atoms with Gasteiger partial charge in [0, 0.05) is 19.6 Å². The fraction of sp³-hybridized carbons (Fsp3) is 0.538. The standard InChI is InChI=1S/C13H18N4OS/c1-9-7-19-13-11(9)12(15-8-16-13)14-5-10-6-17(2)3-4-18-10/h7-8,10H,3-6H2,1-2H3,(H,14,15,16). The molecule has 1 N–H and O–H groups in total. The van der Waals surface area contributed by atoms with Crippen molar-refractivity contribution in [1.82, 2.24) is 14.9 Å². The summed E-state index contributed by atoms with van der Waals surface area (Å²) >= 11 is 1.66. The lowest BCUT2D eigenvalue weighted by atomic mass is 10.2. The molecule has 0 aliphatic carbocycles. The number of aromatic nitrogens is 2. The molecule has 0 amide bonds. The highest BCUT2D eigenvalue weighted by atomic mass is 32.1. The van der Waals surface area contributed by atoms with Gasteiger partial charge in [0.1, 0.15) is 17.0 Å². The molecule has 3 heterocycles. The lowest BCUT2D eigenvalue weighted by molar-refractivity contribution is -0.0117. The molecule has 0 aromatic carbocycles. The smallest absolute Gasteiger partial charge is 0.138 e. The maximum absolute atomic E-state index is 5.75. The van der Waals surface area contributed by atoms with Crippen LogP contribution in [0.4, 0.5) is 5.82 Å². The molecule has 2 aromatic rings. The van der Waals surface area contributed by atoms with E-state index in [-0.39, 0.29) is 6.10 Å². The Morgan fingerprint density at radius 1 is 1.53 bits per heavy atom.